The zero-order chi connectivity index (χ0) is 4.28. The van der Waals surface area contributed by atoms with Crippen molar-refractivity contribution >= 4 is 0 Å². The molecule has 1 atom stereocenters. The van der Waals surface area contributed by atoms with Gasteiger partial charge in [-0.3, -0.25) is 0 Å². The Kier molecular flexibility index (Phi) is 1.55. The summed E-state index contributed by atoms with van der Waals surface area (Å²) >= 11 is 0. The third-order valence-corrected chi connectivity index (χ3v) is 0.187. The van der Waals surface area contributed by atoms with Crippen molar-refractivity contribution in [3.05, 3.63) is 0 Å². The minimum Gasteiger partial charge on any atom is -0.378 e. The van der Waals surface area contributed by atoms with Gasteiger partial charge in [0.05, 0.1) is 6.07 Å². The van der Waals surface area contributed by atoms with Gasteiger partial charge >= 0.3 is 0 Å². The monoisotopic (exact) mass is 72.0 g/mol. The lowest BCUT2D eigenvalue weighted by Gasteiger charge is -1.76. The molecular weight excluding hydrogens is 67.0 g/mol. The molecule has 1 N–H and O–H groups in total. The van der Waals surface area contributed by atoms with Crippen LogP contribution < -0.4 is 0 Å². The minimum absolute atomic E-state index is 0.810. The van der Waals surface area contributed by atoms with E-state index in [2.05, 4.69) is 0 Å². The Morgan fingerprint density at radius 2 is 2.20 bits per heavy atom. The van der Waals surface area contributed by atoms with Crippen molar-refractivity contribution in [2.45, 2.75) is 13.0 Å². The minimum atomic E-state index is -0.810. The molecule has 0 rings (SSSR count). The molecule has 0 amide bonds. The van der Waals surface area contributed by atoms with Gasteiger partial charge in [-0.2, -0.15) is 5.26 Å². The molecule has 2 heteroatoms. The summed E-state index contributed by atoms with van der Waals surface area (Å²) < 4.78 is 0. The molecule has 0 fully saturated rings. The lowest BCUT2D eigenvalue weighted by molar-refractivity contribution is 0.251. The molecule has 0 aromatic heterocycles. The van der Waals surface area contributed by atoms with Crippen LogP contribution in [0.15, 0.2) is 0 Å². The molecule has 0 saturated heterocycles. The average Bonchev–Trinajstić information content (AvgIpc) is 1.38. The van der Waals surface area contributed by atoms with E-state index in [0.29, 0.717) is 0 Å². The zero-order valence-electron chi connectivity index (χ0n) is 2.97. The maximum Gasteiger partial charge on any atom is 0.137 e. The first-order chi connectivity index (χ1) is 2.27. The van der Waals surface area contributed by atoms with E-state index < -0.39 is 6.10 Å². The van der Waals surface area contributed by atoms with E-state index in [4.69, 9.17) is 10.4 Å². The van der Waals surface area contributed by atoms with Crippen LogP contribution in [-0.4, -0.2) is 11.2 Å². The van der Waals surface area contributed by atoms with Crippen molar-refractivity contribution in [1.82, 2.24) is 0 Å². The predicted octanol–water partition coefficient (Wildman–Crippen LogP) is -0.109. The van der Waals surface area contributed by atoms with E-state index in [9.17, 15) is 0 Å². The molecule has 0 aliphatic rings. The van der Waals surface area contributed by atoms with E-state index in [0.717, 1.165) is 0 Å². The van der Waals surface area contributed by atoms with Gasteiger partial charge in [-0.25, -0.2) is 0 Å². The van der Waals surface area contributed by atoms with Crippen molar-refractivity contribution in [1.29, 1.82) is 5.26 Å². The zero-order valence-corrected chi connectivity index (χ0v) is 2.97. The first-order valence-corrected chi connectivity index (χ1v) is 1.35. The second-order valence-electron chi connectivity index (χ2n) is 0.805. The van der Waals surface area contributed by atoms with Crippen LogP contribution in [0.25, 0.3) is 0 Å². The SMILES string of the molecule is CC(O)[13C]#N. The average molecular weight is 72.1 g/mol. The molecule has 0 aromatic carbocycles. The fourth-order valence-electron chi connectivity index (χ4n) is 0. The summed E-state index contributed by atoms with van der Waals surface area (Å²) in [6.07, 6.45) is -0.810. The van der Waals surface area contributed by atoms with Gasteiger partial charge in [0.25, 0.3) is 0 Å². The highest BCUT2D eigenvalue weighted by atomic mass is 16.3. The summed E-state index contributed by atoms with van der Waals surface area (Å²) in [6, 6.07) is 1.58. The fraction of sp³-hybridized carbons (Fsp3) is 0.667. The molecule has 2 nitrogen and oxygen atoms in total. The standard InChI is InChI=1S/C3H5NO/c1-3(5)2-4/h3,5H,1H3/i2+1. The highest BCUT2D eigenvalue weighted by Crippen LogP contribution is 1.66. The first kappa shape index (κ1) is 4.45. The lowest BCUT2D eigenvalue weighted by Crippen LogP contribution is -1.90. The van der Waals surface area contributed by atoms with Gasteiger partial charge in [0.1, 0.15) is 6.10 Å². The number of nitriles is 1. The third kappa shape index (κ3) is 3.45. The number of nitrogens with zero attached hydrogens (tertiary/aromatic N) is 1. The van der Waals surface area contributed by atoms with Crippen LogP contribution in [0.2, 0.25) is 0 Å². The normalized spacial score (nSPS) is 13.0. The summed E-state index contributed by atoms with van der Waals surface area (Å²) in [5.41, 5.74) is 0. The Morgan fingerprint density at radius 3 is 2.20 bits per heavy atom. The van der Waals surface area contributed by atoms with E-state index in [1.165, 1.54) is 6.92 Å². The molecule has 0 heterocycles. The Bertz CT molecular complexity index is 52.4. The van der Waals surface area contributed by atoms with Gasteiger partial charge in [-0.1, -0.05) is 0 Å². The Morgan fingerprint density at radius 1 is 2.00 bits per heavy atom. The first-order valence-electron chi connectivity index (χ1n) is 1.35. The maximum absolute atomic E-state index is 8.00. The molecule has 0 aliphatic carbocycles. The summed E-state index contributed by atoms with van der Waals surface area (Å²) in [6.45, 7) is 1.42. The summed E-state index contributed by atoms with van der Waals surface area (Å²) in [4.78, 5) is 0. The van der Waals surface area contributed by atoms with Crippen molar-refractivity contribution in [3.63, 3.8) is 0 Å². The van der Waals surface area contributed by atoms with E-state index >= 15 is 0 Å². The lowest BCUT2D eigenvalue weighted by atomic mass is 10.6. The molecule has 0 aromatic rings. The van der Waals surface area contributed by atoms with E-state index in [1.807, 2.05) is 0 Å². The molecule has 5 heavy (non-hydrogen) atoms. The Hall–Kier alpha value is -0.550. The topological polar surface area (TPSA) is 44.0 Å². The number of hydrogen-bond donors (Lipinski definition) is 1. The fourth-order valence-corrected chi connectivity index (χ4v) is 0. The van der Waals surface area contributed by atoms with Crippen LogP contribution in [0.5, 0.6) is 0 Å². The Labute approximate surface area is 30.7 Å². The molecule has 0 spiro atoms. The maximum atomic E-state index is 8.00. The van der Waals surface area contributed by atoms with Crippen LogP contribution in [-0.2, 0) is 0 Å². The van der Waals surface area contributed by atoms with Crippen LogP contribution in [0.4, 0.5) is 0 Å². The molecule has 0 aliphatic heterocycles. The van der Waals surface area contributed by atoms with Gasteiger partial charge in [-0.15, -0.1) is 0 Å². The third-order valence-electron chi connectivity index (χ3n) is 0.187. The van der Waals surface area contributed by atoms with Crippen LogP contribution in [0.3, 0.4) is 0 Å². The van der Waals surface area contributed by atoms with Gasteiger partial charge in [-0.05, 0) is 6.92 Å². The summed E-state index contributed by atoms with van der Waals surface area (Å²) in [5.74, 6) is 0. The van der Waals surface area contributed by atoms with E-state index in [1.54, 1.807) is 6.07 Å². The number of rotatable bonds is 0. The van der Waals surface area contributed by atoms with Crippen molar-refractivity contribution in [2.24, 2.45) is 0 Å². The number of hydrogen-bond acceptors (Lipinski definition) is 2. The van der Waals surface area contributed by atoms with Gasteiger partial charge in [0.15, 0.2) is 0 Å². The highest BCUT2D eigenvalue weighted by Gasteiger charge is 1.80. The second kappa shape index (κ2) is 1.74. The molecule has 0 saturated carbocycles. The summed E-state index contributed by atoms with van der Waals surface area (Å²) in [5, 5.41) is 15.6. The van der Waals surface area contributed by atoms with Crippen LogP contribution >= 0.6 is 0 Å². The molecule has 1 unspecified atom stereocenters. The van der Waals surface area contributed by atoms with Gasteiger partial charge in [0.2, 0.25) is 0 Å². The molecule has 0 bridgehead atoms. The van der Waals surface area contributed by atoms with Gasteiger partial charge < -0.3 is 5.11 Å². The largest absolute Gasteiger partial charge is 0.378 e. The van der Waals surface area contributed by atoms with Crippen molar-refractivity contribution in [3.8, 4) is 6.07 Å². The molecule has 0 radical (unpaired) electrons. The quantitative estimate of drug-likeness (QED) is 0.320. The van der Waals surface area contributed by atoms with Crippen LogP contribution in [0.1, 0.15) is 6.92 Å². The van der Waals surface area contributed by atoms with Crippen molar-refractivity contribution in [2.75, 3.05) is 0 Å². The van der Waals surface area contributed by atoms with Gasteiger partial charge in [0, 0.05) is 0 Å². The number of aliphatic hydroxyl groups excluding tert-OH is 1. The second-order valence-corrected chi connectivity index (χ2v) is 0.805. The van der Waals surface area contributed by atoms with E-state index in [-0.39, 0.29) is 0 Å². The Balaban J connectivity index is 2.94. The van der Waals surface area contributed by atoms with Crippen molar-refractivity contribution < 1.29 is 5.11 Å². The molecule has 28 valence electrons. The highest BCUT2D eigenvalue weighted by molar-refractivity contribution is 4.75. The number of aliphatic hydroxyl groups is 1. The summed E-state index contributed by atoms with van der Waals surface area (Å²) in [7, 11) is 0. The molecular formula is C3H5NO. The smallest absolute Gasteiger partial charge is 0.137 e. The predicted molar refractivity (Wildman–Crippen MR) is 17.3 cm³/mol. The van der Waals surface area contributed by atoms with Crippen LogP contribution in [0, 0.1) is 11.3 Å².